The van der Waals surface area contributed by atoms with Crippen LogP contribution in [0.25, 0.3) is 6.08 Å². The highest BCUT2D eigenvalue weighted by Gasteiger charge is 2.30. The third-order valence-corrected chi connectivity index (χ3v) is 8.31. The van der Waals surface area contributed by atoms with Gasteiger partial charge in [-0.05, 0) is 67.5 Å². The van der Waals surface area contributed by atoms with Crippen molar-refractivity contribution >= 4 is 33.7 Å². The number of anilines is 1. The minimum Gasteiger partial charge on any atom is -0.452 e. The van der Waals surface area contributed by atoms with Crippen LogP contribution >= 0.6 is 0 Å². The lowest BCUT2D eigenvalue weighted by atomic mass is 10.00. The normalized spacial score (nSPS) is 18.2. The number of esters is 1. The maximum Gasteiger partial charge on any atom is 0.331 e. The zero-order valence-electron chi connectivity index (χ0n) is 19.4. The maximum atomic E-state index is 13.1. The molecule has 2 aliphatic heterocycles. The zero-order chi connectivity index (χ0) is 24.1. The summed E-state index contributed by atoms with van der Waals surface area (Å²) in [6.45, 7) is 2.92. The summed E-state index contributed by atoms with van der Waals surface area (Å²) in [4.78, 5) is 26.5. The number of ether oxygens (including phenoxy) is 1. The first kappa shape index (κ1) is 24.0. The second-order valence-electron chi connectivity index (χ2n) is 8.61. The molecule has 8 heteroatoms. The average molecular weight is 483 g/mol. The fourth-order valence-corrected chi connectivity index (χ4v) is 6.12. The Bertz CT molecular complexity index is 1170. The smallest absolute Gasteiger partial charge is 0.331 e. The number of nitrogens with zero attached hydrogens (tertiary/aromatic N) is 2. The first-order valence-electron chi connectivity index (χ1n) is 11.7. The molecule has 2 heterocycles. The van der Waals surface area contributed by atoms with E-state index in [2.05, 4.69) is 6.92 Å². The van der Waals surface area contributed by atoms with Crippen molar-refractivity contribution in [3.63, 3.8) is 0 Å². The van der Waals surface area contributed by atoms with Gasteiger partial charge in [-0.1, -0.05) is 37.3 Å². The third kappa shape index (κ3) is 5.17. The Balaban J connectivity index is 1.34. The highest BCUT2D eigenvalue weighted by molar-refractivity contribution is 7.92. The lowest BCUT2D eigenvalue weighted by Gasteiger charge is -2.35. The van der Waals surface area contributed by atoms with E-state index in [1.165, 1.54) is 22.5 Å². The molecule has 2 aromatic carbocycles. The number of piperidine rings is 1. The number of rotatable bonds is 7. The van der Waals surface area contributed by atoms with Gasteiger partial charge in [0.1, 0.15) is 0 Å². The van der Waals surface area contributed by atoms with Crippen LogP contribution in [0, 0.1) is 0 Å². The number of hydrogen-bond donors (Lipinski definition) is 0. The van der Waals surface area contributed by atoms with Crippen LogP contribution in [0.3, 0.4) is 0 Å². The van der Waals surface area contributed by atoms with Gasteiger partial charge in [-0.3, -0.25) is 9.10 Å². The van der Waals surface area contributed by atoms with Crippen molar-refractivity contribution < 1.29 is 22.7 Å². The Morgan fingerprint density at radius 2 is 1.82 bits per heavy atom. The van der Waals surface area contributed by atoms with E-state index in [-0.39, 0.29) is 23.5 Å². The minimum atomic E-state index is -3.66. The van der Waals surface area contributed by atoms with E-state index in [9.17, 15) is 18.0 Å². The largest absolute Gasteiger partial charge is 0.452 e. The van der Waals surface area contributed by atoms with Gasteiger partial charge in [0, 0.05) is 25.2 Å². The number of hydrogen-bond acceptors (Lipinski definition) is 5. The summed E-state index contributed by atoms with van der Waals surface area (Å²) in [7, 11) is -3.66. The molecular weight excluding hydrogens is 452 g/mol. The number of fused-ring (bicyclic) bond motifs is 1. The van der Waals surface area contributed by atoms with Gasteiger partial charge in [-0.25, -0.2) is 13.2 Å². The van der Waals surface area contributed by atoms with Crippen molar-refractivity contribution in [3.8, 4) is 0 Å². The van der Waals surface area contributed by atoms with Crippen molar-refractivity contribution in [2.75, 3.05) is 24.0 Å². The van der Waals surface area contributed by atoms with Gasteiger partial charge in [-0.2, -0.15) is 0 Å². The van der Waals surface area contributed by atoms with Crippen LogP contribution in [0.4, 0.5) is 5.69 Å². The maximum absolute atomic E-state index is 13.1. The third-order valence-electron chi connectivity index (χ3n) is 6.48. The molecule has 1 atom stereocenters. The van der Waals surface area contributed by atoms with Crippen LogP contribution in [0.15, 0.2) is 59.5 Å². The molecule has 0 bridgehead atoms. The molecular formula is C26H30N2O5S. The quantitative estimate of drug-likeness (QED) is 0.443. The van der Waals surface area contributed by atoms with E-state index in [1.54, 1.807) is 18.2 Å². The van der Waals surface area contributed by atoms with Crippen molar-refractivity contribution in [2.45, 2.75) is 50.0 Å². The fraction of sp³-hybridized carbons (Fsp3) is 0.385. The number of para-hydroxylation sites is 1. The Morgan fingerprint density at radius 1 is 1.06 bits per heavy atom. The van der Waals surface area contributed by atoms with Gasteiger partial charge in [0.05, 0.1) is 10.6 Å². The number of sulfonamides is 1. The molecule has 0 radical (unpaired) electrons. The van der Waals surface area contributed by atoms with Gasteiger partial charge in [-0.15, -0.1) is 0 Å². The van der Waals surface area contributed by atoms with Gasteiger partial charge in [0.15, 0.2) is 6.61 Å². The molecule has 1 saturated heterocycles. The summed E-state index contributed by atoms with van der Waals surface area (Å²) in [5, 5.41) is 0. The van der Waals surface area contributed by atoms with Gasteiger partial charge in [0.25, 0.3) is 15.9 Å². The molecule has 1 amide bonds. The van der Waals surface area contributed by atoms with Crippen LogP contribution in [0.5, 0.6) is 0 Å². The average Bonchev–Trinajstić information content (AvgIpc) is 3.31. The Labute approximate surface area is 201 Å². The van der Waals surface area contributed by atoms with Crippen LogP contribution in [0.2, 0.25) is 0 Å². The molecule has 1 fully saturated rings. The van der Waals surface area contributed by atoms with Crippen molar-refractivity contribution in [2.24, 2.45) is 0 Å². The van der Waals surface area contributed by atoms with E-state index >= 15 is 0 Å². The molecule has 0 aromatic heterocycles. The molecule has 2 aromatic rings. The fourth-order valence-electron chi connectivity index (χ4n) is 4.62. The van der Waals surface area contributed by atoms with E-state index in [4.69, 9.17) is 4.74 Å². The monoisotopic (exact) mass is 482 g/mol. The van der Waals surface area contributed by atoms with Gasteiger partial charge < -0.3 is 9.64 Å². The van der Waals surface area contributed by atoms with Crippen molar-refractivity contribution in [3.05, 3.63) is 65.7 Å². The summed E-state index contributed by atoms with van der Waals surface area (Å²) in [6.07, 6.45) is 7.48. The van der Waals surface area contributed by atoms with Crippen LogP contribution in [-0.2, 0) is 30.8 Å². The lowest BCUT2D eigenvalue weighted by molar-refractivity contribution is -0.150. The molecule has 180 valence electrons. The van der Waals surface area contributed by atoms with Gasteiger partial charge in [0.2, 0.25) is 0 Å². The highest BCUT2D eigenvalue weighted by Crippen LogP contribution is 2.32. The van der Waals surface area contributed by atoms with Crippen LogP contribution in [0.1, 0.15) is 43.7 Å². The number of benzene rings is 2. The van der Waals surface area contributed by atoms with E-state index in [1.807, 2.05) is 29.2 Å². The summed E-state index contributed by atoms with van der Waals surface area (Å²) >= 11 is 0. The van der Waals surface area contributed by atoms with Crippen LogP contribution < -0.4 is 4.31 Å². The topological polar surface area (TPSA) is 84.0 Å². The summed E-state index contributed by atoms with van der Waals surface area (Å²) in [5.74, 6) is -0.768. The van der Waals surface area contributed by atoms with E-state index in [0.717, 1.165) is 36.9 Å². The molecule has 0 saturated carbocycles. The van der Waals surface area contributed by atoms with Gasteiger partial charge >= 0.3 is 5.97 Å². The number of amides is 1. The second kappa shape index (κ2) is 10.4. The molecule has 7 nitrogen and oxygen atoms in total. The summed E-state index contributed by atoms with van der Waals surface area (Å²) < 4.78 is 32.8. The number of likely N-dealkylation sites (tertiary alicyclic amines) is 1. The minimum absolute atomic E-state index is 0.161. The number of carbonyl (C=O) groups excluding carboxylic acids is 2. The van der Waals surface area contributed by atoms with Crippen molar-refractivity contribution in [1.29, 1.82) is 0 Å². The SMILES string of the molecule is CCC1CCCCN1C(=O)COC(=O)/C=C/c1ccc(S(=O)(=O)N2CCc3ccccc32)cc1. The molecule has 4 rings (SSSR count). The summed E-state index contributed by atoms with van der Waals surface area (Å²) in [5.41, 5.74) is 2.40. The van der Waals surface area contributed by atoms with E-state index < -0.39 is 16.0 Å². The number of carbonyl (C=O) groups is 2. The first-order chi connectivity index (χ1) is 16.4. The first-order valence-corrected chi connectivity index (χ1v) is 13.2. The second-order valence-corrected chi connectivity index (χ2v) is 10.5. The standard InChI is InChI=1S/C26H30N2O5S/c1-2-22-8-5-6-17-27(22)25(29)19-33-26(30)15-12-20-10-13-23(14-11-20)34(31,32)28-18-16-21-7-3-4-9-24(21)28/h3-4,7,9-15,22H,2,5-6,8,16-19H2,1H3/b15-12+. The predicted octanol–water partition coefficient (Wildman–Crippen LogP) is 3.79. The molecule has 34 heavy (non-hydrogen) atoms. The zero-order valence-corrected chi connectivity index (χ0v) is 20.2. The molecule has 0 N–H and O–H groups in total. The Hall–Kier alpha value is -3.13. The summed E-state index contributed by atoms with van der Waals surface area (Å²) in [6, 6.07) is 14.1. The van der Waals surface area contributed by atoms with E-state index in [0.29, 0.717) is 25.1 Å². The molecule has 0 spiro atoms. The van der Waals surface area contributed by atoms with Crippen molar-refractivity contribution in [1.82, 2.24) is 4.90 Å². The molecule has 2 aliphatic rings. The lowest BCUT2D eigenvalue weighted by Crippen LogP contribution is -2.45. The molecule has 1 unspecified atom stereocenters. The molecule has 0 aliphatic carbocycles. The Kier molecular flexibility index (Phi) is 7.36. The Morgan fingerprint density at radius 3 is 2.59 bits per heavy atom. The highest BCUT2D eigenvalue weighted by atomic mass is 32.2. The van der Waals surface area contributed by atoms with Crippen LogP contribution in [-0.4, -0.2) is 50.9 Å². The predicted molar refractivity (Wildman–Crippen MR) is 131 cm³/mol.